The largest absolute Gasteiger partial charge is 0.350 e. The molecule has 0 aliphatic rings. The highest BCUT2D eigenvalue weighted by Crippen LogP contribution is 2.21. The van der Waals surface area contributed by atoms with Gasteiger partial charge in [0.05, 0.1) is 12.4 Å². The summed E-state index contributed by atoms with van der Waals surface area (Å²) >= 11 is 5.40. The lowest BCUT2D eigenvalue weighted by Gasteiger charge is -2.22. The first-order valence-corrected chi connectivity index (χ1v) is 6.42. The lowest BCUT2D eigenvalue weighted by Crippen LogP contribution is -2.34. The summed E-state index contributed by atoms with van der Waals surface area (Å²) in [5, 5.41) is 13.9. The van der Waals surface area contributed by atoms with E-state index >= 15 is 0 Å². The van der Waals surface area contributed by atoms with Gasteiger partial charge in [-0.2, -0.15) is 10.2 Å². The molecule has 1 aromatic carbocycles. The first-order chi connectivity index (χ1) is 8.76. The number of aromatic nitrogens is 2. The molecule has 2 rings (SSSR count). The van der Waals surface area contributed by atoms with Gasteiger partial charge in [-0.15, -0.1) is 0 Å². The maximum Gasteiger partial charge on any atom is 0.173 e. The summed E-state index contributed by atoms with van der Waals surface area (Å²) in [7, 11) is 0. The van der Waals surface area contributed by atoms with E-state index in [4.69, 9.17) is 12.2 Å². The minimum absolute atomic E-state index is 0.740. The van der Waals surface area contributed by atoms with Gasteiger partial charge in [0.2, 0.25) is 0 Å². The van der Waals surface area contributed by atoms with Gasteiger partial charge in [0.1, 0.15) is 0 Å². The van der Waals surface area contributed by atoms with Crippen LogP contribution in [0.4, 0.5) is 5.69 Å². The maximum atomic E-state index is 5.40. The van der Waals surface area contributed by atoms with E-state index in [0.29, 0.717) is 0 Å². The Labute approximate surface area is 112 Å². The maximum absolute atomic E-state index is 5.40. The van der Waals surface area contributed by atoms with Crippen LogP contribution in [-0.2, 0) is 0 Å². The van der Waals surface area contributed by atoms with Crippen LogP contribution in [0.2, 0.25) is 0 Å². The van der Waals surface area contributed by atoms with Crippen LogP contribution < -0.4 is 5.32 Å². The van der Waals surface area contributed by atoms with E-state index in [-0.39, 0.29) is 0 Å². The summed E-state index contributed by atoms with van der Waals surface area (Å²) in [5.74, 6) is 0. The molecule has 0 bridgehead atoms. The Balaban J connectivity index is 2.29. The Morgan fingerprint density at radius 1 is 1.22 bits per heavy atom. The molecule has 0 aliphatic heterocycles. The fourth-order valence-electron chi connectivity index (χ4n) is 1.84. The van der Waals surface area contributed by atoms with Gasteiger partial charge < -0.3 is 10.2 Å². The molecule has 0 amide bonds. The number of nitrogens with zero attached hydrogens (tertiary/aromatic N) is 3. The van der Waals surface area contributed by atoms with E-state index < -0.39 is 0 Å². The van der Waals surface area contributed by atoms with Crippen molar-refractivity contribution in [3.8, 4) is 0 Å². The molecule has 2 aromatic rings. The Bertz CT molecular complexity index is 546. The average molecular weight is 260 g/mol. The van der Waals surface area contributed by atoms with E-state index in [2.05, 4.69) is 34.3 Å². The van der Waals surface area contributed by atoms with Crippen molar-refractivity contribution in [2.24, 2.45) is 0 Å². The van der Waals surface area contributed by atoms with Gasteiger partial charge >= 0.3 is 0 Å². The molecule has 0 atom stereocenters. The molecule has 1 heterocycles. The van der Waals surface area contributed by atoms with E-state index in [9.17, 15) is 0 Å². The van der Waals surface area contributed by atoms with E-state index in [0.717, 1.165) is 34.7 Å². The zero-order chi connectivity index (χ0) is 13.0. The number of thiocarbonyl (C=S) groups is 1. The second-order valence-corrected chi connectivity index (χ2v) is 4.29. The molecule has 1 aromatic heterocycles. The number of benzene rings is 1. The molecular weight excluding hydrogens is 244 g/mol. The average Bonchev–Trinajstić information content (AvgIpc) is 2.40. The minimum atomic E-state index is 0.740. The lowest BCUT2D eigenvalue weighted by atomic mass is 10.2. The van der Waals surface area contributed by atoms with Gasteiger partial charge in [-0.1, -0.05) is 12.1 Å². The first-order valence-electron chi connectivity index (χ1n) is 6.01. The molecule has 0 unspecified atom stereocenters. The molecule has 0 spiro atoms. The Kier molecular flexibility index (Phi) is 4.04. The smallest absolute Gasteiger partial charge is 0.173 e. The molecule has 0 saturated heterocycles. The number of nitrogens with one attached hydrogen (secondary N) is 1. The summed E-state index contributed by atoms with van der Waals surface area (Å²) in [6.07, 6.45) is 3.50. The molecule has 1 N–H and O–H groups in total. The summed E-state index contributed by atoms with van der Waals surface area (Å²) in [6, 6.07) is 5.99. The normalized spacial score (nSPS) is 10.3. The first kappa shape index (κ1) is 12.7. The Morgan fingerprint density at radius 3 is 2.67 bits per heavy atom. The van der Waals surface area contributed by atoms with Crippen molar-refractivity contribution in [3.63, 3.8) is 0 Å². The van der Waals surface area contributed by atoms with Gasteiger partial charge in [0, 0.05) is 29.5 Å². The van der Waals surface area contributed by atoms with Crippen LogP contribution in [0.1, 0.15) is 13.8 Å². The molecule has 0 fully saturated rings. The molecule has 5 heteroatoms. The number of fused-ring (bicyclic) bond motifs is 1. The Hall–Kier alpha value is -1.75. The highest BCUT2D eigenvalue weighted by molar-refractivity contribution is 7.80. The van der Waals surface area contributed by atoms with Crippen LogP contribution in [0, 0.1) is 0 Å². The number of anilines is 1. The number of rotatable bonds is 3. The van der Waals surface area contributed by atoms with Crippen molar-refractivity contribution >= 4 is 33.8 Å². The fourth-order valence-corrected chi connectivity index (χ4v) is 2.21. The van der Waals surface area contributed by atoms with Crippen LogP contribution in [0.5, 0.6) is 0 Å². The third-order valence-electron chi connectivity index (χ3n) is 2.88. The molecular formula is C13H16N4S. The topological polar surface area (TPSA) is 41.0 Å². The zero-order valence-corrected chi connectivity index (χ0v) is 11.4. The lowest BCUT2D eigenvalue weighted by molar-refractivity contribution is 0.473. The monoisotopic (exact) mass is 260 g/mol. The van der Waals surface area contributed by atoms with Gasteiger partial charge in [-0.3, -0.25) is 0 Å². The highest BCUT2D eigenvalue weighted by Gasteiger charge is 2.07. The number of hydrogen-bond donors (Lipinski definition) is 1. The van der Waals surface area contributed by atoms with Crippen LogP contribution in [0.3, 0.4) is 0 Å². The molecule has 0 saturated carbocycles. The van der Waals surface area contributed by atoms with Crippen molar-refractivity contribution in [2.45, 2.75) is 13.8 Å². The van der Waals surface area contributed by atoms with Crippen LogP contribution in [0.25, 0.3) is 10.8 Å². The van der Waals surface area contributed by atoms with Crippen molar-refractivity contribution in [1.82, 2.24) is 15.1 Å². The second kappa shape index (κ2) is 5.73. The van der Waals surface area contributed by atoms with Gasteiger partial charge in [0.25, 0.3) is 0 Å². The zero-order valence-electron chi connectivity index (χ0n) is 10.6. The molecule has 18 heavy (non-hydrogen) atoms. The van der Waals surface area contributed by atoms with Crippen molar-refractivity contribution in [2.75, 3.05) is 18.4 Å². The third kappa shape index (κ3) is 2.56. The van der Waals surface area contributed by atoms with E-state index in [1.165, 1.54) is 0 Å². The third-order valence-corrected chi connectivity index (χ3v) is 3.24. The predicted octanol–water partition coefficient (Wildman–Crippen LogP) is 2.67. The minimum Gasteiger partial charge on any atom is -0.350 e. The summed E-state index contributed by atoms with van der Waals surface area (Å²) < 4.78 is 0. The van der Waals surface area contributed by atoms with Crippen LogP contribution >= 0.6 is 12.2 Å². The van der Waals surface area contributed by atoms with Crippen molar-refractivity contribution < 1.29 is 0 Å². The highest BCUT2D eigenvalue weighted by atomic mass is 32.1. The van der Waals surface area contributed by atoms with Gasteiger partial charge in [0.15, 0.2) is 5.11 Å². The van der Waals surface area contributed by atoms with E-state index in [1.807, 2.05) is 18.2 Å². The van der Waals surface area contributed by atoms with Gasteiger partial charge in [-0.05, 0) is 32.1 Å². The van der Waals surface area contributed by atoms with Crippen LogP contribution in [0.15, 0.2) is 30.6 Å². The standard InChI is InChI=1S/C13H16N4S/c1-3-17(4-2)13(18)16-12-7-5-6-10-8-14-15-9-11(10)12/h5-9H,3-4H2,1-2H3,(H,16,18). The second-order valence-electron chi connectivity index (χ2n) is 3.90. The summed E-state index contributed by atoms with van der Waals surface area (Å²) in [5.41, 5.74) is 0.972. The van der Waals surface area contributed by atoms with E-state index in [1.54, 1.807) is 12.4 Å². The van der Waals surface area contributed by atoms with Gasteiger partial charge in [-0.25, -0.2) is 0 Å². The van der Waals surface area contributed by atoms with Crippen molar-refractivity contribution in [3.05, 3.63) is 30.6 Å². The summed E-state index contributed by atoms with van der Waals surface area (Å²) in [4.78, 5) is 2.10. The SMILES string of the molecule is CCN(CC)C(=S)Nc1cccc2cnncc12. The Morgan fingerprint density at radius 2 is 1.94 bits per heavy atom. The quantitative estimate of drug-likeness (QED) is 0.859. The summed E-state index contributed by atoms with van der Waals surface area (Å²) in [6.45, 7) is 5.97. The van der Waals surface area contributed by atoms with Crippen LogP contribution in [-0.4, -0.2) is 33.3 Å². The predicted molar refractivity (Wildman–Crippen MR) is 78.7 cm³/mol. The molecule has 94 valence electrons. The molecule has 0 radical (unpaired) electrons. The number of hydrogen-bond acceptors (Lipinski definition) is 3. The van der Waals surface area contributed by atoms with Crippen molar-refractivity contribution in [1.29, 1.82) is 0 Å². The fraction of sp³-hybridized carbons (Fsp3) is 0.308. The molecule has 4 nitrogen and oxygen atoms in total. The molecule has 0 aliphatic carbocycles.